The first kappa shape index (κ1) is 22.3. The molecule has 0 aliphatic carbocycles. The van der Waals surface area contributed by atoms with Crippen LogP contribution in [0.4, 0.5) is 8.78 Å². The highest BCUT2D eigenvalue weighted by Gasteiger charge is 2.22. The number of nitrogens with zero attached hydrogens (tertiary/aromatic N) is 3. The van der Waals surface area contributed by atoms with E-state index in [2.05, 4.69) is 15.2 Å². The van der Waals surface area contributed by atoms with E-state index < -0.39 is 17.5 Å². The number of fused-ring (bicyclic) bond motifs is 1. The molecule has 2 aromatic heterocycles. The smallest absolute Gasteiger partial charge is 0.257 e. The Hall–Kier alpha value is -3.85. The lowest BCUT2D eigenvalue weighted by atomic mass is 10.0. The normalized spacial score (nSPS) is 11.1. The number of benzene rings is 2. The number of amides is 1. The van der Waals surface area contributed by atoms with Gasteiger partial charge in [-0.25, -0.2) is 8.78 Å². The minimum Gasteiger partial charge on any atom is -0.493 e. The van der Waals surface area contributed by atoms with Crippen LogP contribution >= 0.6 is 0 Å². The third-order valence-corrected chi connectivity index (χ3v) is 5.29. The second-order valence-electron chi connectivity index (χ2n) is 7.48. The van der Waals surface area contributed by atoms with Crippen molar-refractivity contribution in [1.29, 1.82) is 0 Å². The van der Waals surface area contributed by atoms with Crippen LogP contribution in [-0.4, -0.2) is 44.7 Å². The number of ether oxygens (including phenoxy) is 1. The van der Waals surface area contributed by atoms with Gasteiger partial charge in [-0.15, -0.1) is 0 Å². The number of carbonyl (C=O) groups is 1. The van der Waals surface area contributed by atoms with E-state index in [1.807, 2.05) is 0 Å². The van der Waals surface area contributed by atoms with E-state index in [1.165, 1.54) is 35.2 Å². The SMILES string of the molecule is CCOc1cc(C(=O)N(C)Cc2cnc(CO)c3cn[nH]c23)c(F)cc1-c1cccc(F)c1. The van der Waals surface area contributed by atoms with Crippen LogP contribution in [0.5, 0.6) is 5.75 Å². The Labute approximate surface area is 188 Å². The van der Waals surface area contributed by atoms with Gasteiger partial charge in [0.05, 0.1) is 36.2 Å². The van der Waals surface area contributed by atoms with Crippen molar-refractivity contribution in [3.63, 3.8) is 0 Å². The fourth-order valence-corrected chi connectivity index (χ4v) is 3.69. The van der Waals surface area contributed by atoms with E-state index in [0.29, 0.717) is 33.3 Å². The quantitative estimate of drug-likeness (QED) is 0.441. The molecule has 0 saturated heterocycles. The second kappa shape index (κ2) is 9.33. The summed E-state index contributed by atoms with van der Waals surface area (Å²) >= 11 is 0. The van der Waals surface area contributed by atoms with Gasteiger partial charge in [0.25, 0.3) is 5.91 Å². The summed E-state index contributed by atoms with van der Waals surface area (Å²) in [5, 5.41) is 16.9. The van der Waals surface area contributed by atoms with Gasteiger partial charge in [-0.2, -0.15) is 5.10 Å². The first-order valence-electron chi connectivity index (χ1n) is 10.3. The van der Waals surface area contributed by atoms with Gasteiger partial charge >= 0.3 is 0 Å². The Balaban J connectivity index is 1.66. The molecule has 4 rings (SSSR count). The van der Waals surface area contributed by atoms with Crippen LogP contribution in [0.2, 0.25) is 0 Å². The molecule has 9 heteroatoms. The number of aliphatic hydroxyl groups excluding tert-OH is 1. The van der Waals surface area contributed by atoms with Gasteiger partial charge in [0.2, 0.25) is 0 Å². The van der Waals surface area contributed by atoms with Gasteiger partial charge in [-0.3, -0.25) is 14.9 Å². The predicted octanol–water partition coefficient (Wildman–Crippen LogP) is 4.07. The zero-order chi connectivity index (χ0) is 23.5. The summed E-state index contributed by atoms with van der Waals surface area (Å²) in [7, 11) is 1.55. The van der Waals surface area contributed by atoms with E-state index in [9.17, 15) is 14.3 Å². The summed E-state index contributed by atoms with van der Waals surface area (Å²) in [5.74, 6) is -1.47. The van der Waals surface area contributed by atoms with E-state index in [1.54, 1.807) is 32.4 Å². The molecule has 1 amide bonds. The van der Waals surface area contributed by atoms with Crippen molar-refractivity contribution < 1.29 is 23.4 Å². The molecule has 0 aliphatic heterocycles. The van der Waals surface area contributed by atoms with Crippen molar-refractivity contribution in [2.24, 2.45) is 0 Å². The van der Waals surface area contributed by atoms with Crippen molar-refractivity contribution in [2.75, 3.05) is 13.7 Å². The predicted molar refractivity (Wildman–Crippen MR) is 119 cm³/mol. The fourth-order valence-electron chi connectivity index (χ4n) is 3.69. The molecule has 33 heavy (non-hydrogen) atoms. The second-order valence-corrected chi connectivity index (χ2v) is 7.48. The Kier molecular flexibility index (Phi) is 6.32. The van der Waals surface area contributed by atoms with Gasteiger partial charge in [0.1, 0.15) is 17.4 Å². The number of pyridine rings is 1. The summed E-state index contributed by atoms with van der Waals surface area (Å²) in [5.41, 5.74) is 2.42. The molecule has 2 heterocycles. The molecular weight excluding hydrogens is 430 g/mol. The molecule has 0 fully saturated rings. The Morgan fingerprint density at radius 2 is 2.03 bits per heavy atom. The van der Waals surface area contributed by atoms with E-state index in [4.69, 9.17) is 4.74 Å². The first-order valence-corrected chi connectivity index (χ1v) is 10.3. The van der Waals surface area contributed by atoms with Gasteiger partial charge < -0.3 is 14.7 Å². The molecule has 0 spiro atoms. The summed E-state index contributed by atoms with van der Waals surface area (Å²) < 4.78 is 34.4. The molecule has 0 unspecified atom stereocenters. The topological polar surface area (TPSA) is 91.3 Å². The van der Waals surface area contributed by atoms with Crippen LogP contribution in [0.25, 0.3) is 22.0 Å². The highest BCUT2D eigenvalue weighted by Crippen LogP contribution is 2.33. The van der Waals surface area contributed by atoms with Crippen LogP contribution in [0.15, 0.2) is 48.8 Å². The molecule has 0 aliphatic rings. The maximum atomic E-state index is 15.1. The maximum Gasteiger partial charge on any atom is 0.257 e. The fraction of sp³-hybridized carbons (Fsp3) is 0.208. The summed E-state index contributed by atoms with van der Waals surface area (Å²) in [4.78, 5) is 18.7. The number of aromatic nitrogens is 3. The molecule has 0 saturated carbocycles. The number of hydrogen-bond donors (Lipinski definition) is 2. The number of H-pyrrole nitrogens is 1. The largest absolute Gasteiger partial charge is 0.493 e. The van der Waals surface area contributed by atoms with Gasteiger partial charge in [0, 0.05) is 36.3 Å². The Morgan fingerprint density at radius 3 is 2.76 bits per heavy atom. The zero-order valence-electron chi connectivity index (χ0n) is 18.1. The minimum atomic E-state index is -0.741. The third-order valence-electron chi connectivity index (χ3n) is 5.29. The number of nitrogens with one attached hydrogen (secondary N) is 1. The van der Waals surface area contributed by atoms with Crippen molar-refractivity contribution in [2.45, 2.75) is 20.1 Å². The molecule has 0 bridgehead atoms. The lowest BCUT2D eigenvalue weighted by Crippen LogP contribution is -2.27. The summed E-state index contributed by atoms with van der Waals surface area (Å²) in [6, 6.07) is 8.28. The van der Waals surface area contributed by atoms with Crippen molar-refractivity contribution in [3.8, 4) is 16.9 Å². The number of aromatic amines is 1. The van der Waals surface area contributed by atoms with Crippen LogP contribution in [0.1, 0.15) is 28.5 Å². The van der Waals surface area contributed by atoms with Crippen molar-refractivity contribution >= 4 is 16.8 Å². The van der Waals surface area contributed by atoms with Crippen LogP contribution in [0.3, 0.4) is 0 Å². The number of hydrogen-bond acceptors (Lipinski definition) is 5. The van der Waals surface area contributed by atoms with E-state index in [-0.39, 0.29) is 31.1 Å². The third kappa shape index (κ3) is 4.40. The lowest BCUT2D eigenvalue weighted by molar-refractivity contribution is 0.0780. The monoisotopic (exact) mass is 452 g/mol. The van der Waals surface area contributed by atoms with Crippen molar-refractivity contribution in [3.05, 3.63) is 77.2 Å². The van der Waals surface area contributed by atoms with E-state index in [0.717, 1.165) is 0 Å². The summed E-state index contributed by atoms with van der Waals surface area (Å²) in [6.45, 7) is 1.95. The average molecular weight is 452 g/mol. The van der Waals surface area contributed by atoms with Crippen LogP contribution in [-0.2, 0) is 13.2 Å². The molecular formula is C24H22F2N4O3. The number of halogens is 2. The molecule has 4 aromatic rings. The maximum absolute atomic E-state index is 15.1. The average Bonchev–Trinajstić information content (AvgIpc) is 3.30. The molecule has 170 valence electrons. The number of carbonyl (C=O) groups excluding carboxylic acids is 1. The molecule has 0 radical (unpaired) electrons. The molecule has 2 N–H and O–H groups in total. The molecule has 0 atom stereocenters. The zero-order valence-corrected chi connectivity index (χ0v) is 18.1. The standard InChI is InChI=1S/C24H22F2N4O3/c1-3-33-22-9-18(20(26)8-17(22)14-5-4-6-16(25)7-14)24(32)30(2)12-15-10-27-21(13-31)19-11-28-29-23(15)19/h4-11,31H,3,12-13H2,1-2H3,(H,28,29). The van der Waals surface area contributed by atoms with Gasteiger partial charge in [-0.1, -0.05) is 12.1 Å². The minimum absolute atomic E-state index is 0.130. The highest BCUT2D eigenvalue weighted by atomic mass is 19.1. The van der Waals surface area contributed by atoms with Gasteiger partial charge in [-0.05, 0) is 36.8 Å². The molecule has 2 aromatic carbocycles. The molecule has 7 nitrogen and oxygen atoms in total. The first-order chi connectivity index (χ1) is 15.9. The van der Waals surface area contributed by atoms with Crippen LogP contribution in [0, 0.1) is 11.6 Å². The van der Waals surface area contributed by atoms with Crippen LogP contribution < -0.4 is 4.74 Å². The van der Waals surface area contributed by atoms with Gasteiger partial charge in [0.15, 0.2) is 0 Å². The van der Waals surface area contributed by atoms with Crippen molar-refractivity contribution in [1.82, 2.24) is 20.1 Å². The lowest BCUT2D eigenvalue weighted by Gasteiger charge is -2.20. The Bertz CT molecular complexity index is 1320. The number of aliphatic hydroxyl groups is 1. The highest BCUT2D eigenvalue weighted by molar-refractivity contribution is 5.96. The number of rotatable bonds is 7. The van der Waals surface area contributed by atoms with E-state index >= 15 is 4.39 Å². The summed E-state index contributed by atoms with van der Waals surface area (Å²) in [6.07, 6.45) is 3.10. The Morgan fingerprint density at radius 1 is 1.21 bits per heavy atom.